The molecule has 21 heavy (non-hydrogen) atoms. The maximum Gasteiger partial charge on any atom is 0.150 e. The van der Waals surface area contributed by atoms with Crippen LogP contribution in [0.3, 0.4) is 0 Å². The molecule has 0 atom stereocenters. The summed E-state index contributed by atoms with van der Waals surface area (Å²) in [4.78, 5) is 0. The van der Waals surface area contributed by atoms with Gasteiger partial charge in [-0.3, -0.25) is 0 Å². The Bertz CT molecular complexity index is 644. The van der Waals surface area contributed by atoms with E-state index in [1.54, 1.807) is 6.07 Å². The molecule has 3 heteroatoms. The molecule has 0 heterocycles. The highest BCUT2D eigenvalue weighted by molar-refractivity contribution is 5.55. The lowest BCUT2D eigenvalue weighted by atomic mass is 9.85. The first-order chi connectivity index (χ1) is 9.81. The molecule has 0 saturated heterocycles. The van der Waals surface area contributed by atoms with Crippen molar-refractivity contribution in [1.29, 1.82) is 0 Å². The highest BCUT2D eigenvalue weighted by Gasteiger charge is 2.20. The van der Waals surface area contributed by atoms with Crippen LogP contribution >= 0.6 is 0 Å². The standard InChI is InChI=1S/C18H22FNO/c1-5-12-6-8-16(14(10-12)18(2,3)4)21-17-9-7-13(19)11-15(17)20/h6-11H,5,20H2,1-4H3. The molecule has 0 fully saturated rings. The van der Waals surface area contributed by atoms with Crippen molar-refractivity contribution in [3.05, 3.63) is 53.3 Å². The number of hydrogen-bond donors (Lipinski definition) is 1. The van der Waals surface area contributed by atoms with Crippen LogP contribution in [0.1, 0.15) is 38.8 Å². The summed E-state index contributed by atoms with van der Waals surface area (Å²) in [7, 11) is 0. The Balaban J connectivity index is 2.44. The van der Waals surface area contributed by atoms with Crippen molar-refractivity contribution in [2.24, 2.45) is 0 Å². The van der Waals surface area contributed by atoms with Crippen LogP contribution in [0.5, 0.6) is 11.5 Å². The smallest absolute Gasteiger partial charge is 0.150 e. The van der Waals surface area contributed by atoms with Gasteiger partial charge in [-0.15, -0.1) is 0 Å². The van der Waals surface area contributed by atoms with Gasteiger partial charge in [0.2, 0.25) is 0 Å². The monoisotopic (exact) mass is 287 g/mol. The number of nitrogen functional groups attached to an aromatic ring is 1. The maximum absolute atomic E-state index is 13.1. The summed E-state index contributed by atoms with van der Waals surface area (Å²) in [5.41, 5.74) is 8.45. The lowest BCUT2D eigenvalue weighted by Crippen LogP contribution is -2.13. The number of benzene rings is 2. The van der Waals surface area contributed by atoms with Crippen LogP contribution in [0.4, 0.5) is 10.1 Å². The van der Waals surface area contributed by atoms with Crippen LogP contribution in [0.2, 0.25) is 0 Å². The lowest BCUT2D eigenvalue weighted by molar-refractivity contribution is 0.455. The van der Waals surface area contributed by atoms with Crippen LogP contribution in [-0.2, 0) is 11.8 Å². The molecule has 0 amide bonds. The number of nitrogens with two attached hydrogens (primary N) is 1. The minimum Gasteiger partial charge on any atom is -0.455 e. The number of ether oxygens (including phenoxy) is 1. The van der Waals surface area contributed by atoms with Crippen molar-refractivity contribution >= 4 is 5.69 Å². The van der Waals surface area contributed by atoms with Crippen molar-refractivity contribution in [3.63, 3.8) is 0 Å². The first kappa shape index (κ1) is 15.4. The molecular formula is C18H22FNO. The summed E-state index contributed by atoms with van der Waals surface area (Å²) in [6.45, 7) is 8.55. The van der Waals surface area contributed by atoms with Gasteiger partial charge in [0.05, 0.1) is 5.69 Å². The van der Waals surface area contributed by atoms with Crippen molar-refractivity contribution < 1.29 is 9.13 Å². The van der Waals surface area contributed by atoms with Crippen LogP contribution in [0.25, 0.3) is 0 Å². The van der Waals surface area contributed by atoms with E-state index in [-0.39, 0.29) is 11.2 Å². The number of aryl methyl sites for hydroxylation is 1. The van der Waals surface area contributed by atoms with E-state index in [1.807, 2.05) is 12.1 Å². The molecule has 0 radical (unpaired) electrons. The minimum atomic E-state index is -0.364. The van der Waals surface area contributed by atoms with Crippen molar-refractivity contribution in [2.45, 2.75) is 39.5 Å². The Morgan fingerprint density at radius 1 is 1.05 bits per heavy atom. The second-order valence-corrected chi connectivity index (χ2v) is 6.22. The molecule has 2 nitrogen and oxygen atoms in total. The van der Waals surface area contributed by atoms with Crippen molar-refractivity contribution in [1.82, 2.24) is 0 Å². The SMILES string of the molecule is CCc1ccc(Oc2ccc(F)cc2N)c(C(C)(C)C)c1. The van der Waals surface area contributed by atoms with Gasteiger partial charge in [0.25, 0.3) is 0 Å². The number of anilines is 1. The Morgan fingerprint density at radius 3 is 2.29 bits per heavy atom. The van der Waals surface area contributed by atoms with Gasteiger partial charge in [0.15, 0.2) is 5.75 Å². The fourth-order valence-electron chi connectivity index (χ4n) is 2.20. The van der Waals surface area contributed by atoms with Crippen LogP contribution in [-0.4, -0.2) is 0 Å². The average Bonchev–Trinajstić information content (AvgIpc) is 2.41. The molecule has 0 unspecified atom stereocenters. The first-order valence-corrected chi connectivity index (χ1v) is 7.17. The van der Waals surface area contributed by atoms with Crippen molar-refractivity contribution in [2.75, 3.05) is 5.73 Å². The topological polar surface area (TPSA) is 35.2 Å². The molecular weight excluding hydrogens is 265 g/mol. The van der Waals surface area contributed by atoms with E-state index < -0.39 is 0 Å². The summed E-state index contributed by atoms with van der Waals surface area (Å²) in [6, 6.07) is 10.3. The number of hydrogen-bond acceptors (Lipinski definition) is 2. The molecule has 0 bridgehead atoms. The molecule has 0 aliphatic heterocycles. The van der Waals surface area contributed by atoms with Crippen molar-refractivity contribution in [3.8, 4) is 11.5 Å². The second kappa shape index (κ2) is 5.76. The Kier molecular flexibility index (Phi) is 4.21. The van der Waals surface area contributed by atoms with Crippen LogP contribution in [0.15, 0.2) is 36.4 Å². The van der Waals surface area contributed by atoms with E-state index in [2.05, 4.69) is 33.8 Å². The molecule has 0 saturated carbocycles. The Morgan fingerprint density at radius 2 is 1.71 bits per heavy atom. The van der Waals surface area contributed by atoms with E-state index in [0.717, 1.165) is 17.7 Å². The average molecular weight is 287 g/mol. The molecule has 0 spiro atoms. The van der Waals surface area contributed by atoms with Crippen LogP contribution in [0, 0.1) is 5.82 Å². The zero-order chi connectivity index (χ0) is 15.6. The molecule has 2 aromatic carbocycles. The lowest BCUT2D eigenvalue weighted by Gasteiger charge is -2.24. The largest absolute Gasteiger partial charge is 0.455 e. The van der Waals surface area contributed by atoms with Gasteiger partial charge in [-0.25, -0.2) is 4.39 Å². The third-order valence-corrected chi connectivity index (χ3v) is 3.45. The van der Waals surface area contributed by atoms with E-state index in [1.165, 1.54) is 17.7 Å². The van der Waals surface area contributed by atoms with E-state index in [4.69, 9.17) is 10.5 Å². The predicted molar refractivity (Wildman–Crippen MR) is 85.4 cm³/mol. The summed E-state index contributed by atoms with van der Waals surface area (Å²) >= 11 is 0. The van der Waals surface area contributed by atoms with Gasteiger partial charge in [-0.2, -0.15) is 0 Å². The van der Waals surface area contributed by atoms with E-state index >= 15 is 0 Å². The molecule has 2 rings (SSSR count). The van der Waals surface area contributed by atoms with E-state index in [9.17, 15) is 4.39 Å². The fourth-order valence-corrected chi connectivity index (χ4v) is 2.20. The van der Waals surface area contributed by atoms with Gasteiger partial charge >= 0.3 is 0 Å². The Hall–Kier alpha value is -2.03. The van der Waals surface area contributed by atoms with Gasteiger partial charge in [0, 0.05) is 11.6 Å². The minimum absolute atomic E-state index is 0.0463. The summed E-state index contributed by atoms with van der Waals surface area (Å²) in [6.07, 6.45) is 0.974. The third-order valence-electron chi connectivity index (χ3n) is 3.45. The number of halogens is 1. The maximum atomic E-state index is 13.1. The first-order valence-electron chi connectivity index (χ1n) is 7.17. The van der Waals surface area contributed by atoms with Gasteiger partial charge in [-0.1, -0.05) is 39.8 Å². The molecule has 112 valence electrons. The van der Waals surface area contributed by atoms with Gasteiger partial charge in [-0.05, 0) is 35.6 Å². The van der Waals surface area contributed by atoms with Gasteiger partial charge < -0.3 is 10.5 Å². The fraction of sp³-hybridized carbons (Fsp3) is 0.333. The molecule has 0 aromatic heterocycles. The normalized spacial score (nSPS) is 11.5. The zero-order valence-corrected chi connectivity index (χ0v) is 13.0. The second-order valence-electron chi connectivity index (χ2n) is 6.22. The molecule has 2 N–H and O–H groups in total. The summed E-state index contributed by atoms with van der Waals surface area (Å²) < 4.78 is 19.0. The summed E-state index contributed by atoms with van der Waals surface area (Å²) in [5, 5.41) is 0. The zero-order valence-electron chi connectivity index (χ0n) is 13.0. The van der Waals surface area contributed by atoms with E-state index in [0.29, 0.717) is 11.4 Å². The van der Waals surface area contributed by atoms with Gasteiger partial charge in [0.1, 0.15) is 11.6 Å². The predicted octanol–water partition coefficient (Wildman–Crippen LogP) is 5.06. The molecule has 2 aromatic rings. The molecule has 0 aliphatic rings. The third kappa shape index (κ3) is 3.54. The quantitative estimate of drug-likeness (QED) is 0.801. The summed E-state index contributed by atoms with van der Waals surface area (Å²) in [5.74, 6) is 0.876. The number of rotatable bonds is 3. The highest BCUT2D eigenvalue weighted by Crippen LogP contribution is 2.36. The Labute approximate surface area is 125 Å². The molecule has 0 aliphatic carbocycles. The highest BCUT2D eigenvalue weighted by atomic mass is 19.1. The van der Waals surface area contributed by atoms with Crippen LogP contribution < -0.4 is 10.5 Å².